The predicted octanol–water partition coefficient (Wildman–Crippen LogP) is 5.82. The Hall–Kier alpha value is -5.59. The molecule has 5 N–H and O–H groups in total. The molecule has 4 amide bonds. The summed E-state index contributed by atoms with van der Waals surface area (Å²) in [5.41, 5.74) is 1.42. The van der Waals surface area contributed by atoms with E-state index in [0.29, 0.717) is 30.5 Å². The van der Waals surface area contributed by atoms with E-state index in [9.17, 15) is 38.3 Å². The van der Waals surface area contributed by atoms with Crippen molar-refractivity contribution in [2.45, 2.75) is 114 Å². The van der Waals surface area contributed by atoms with Gasteiger partial charge in [-0.1, -0.05) is 106 Å². The molecule has 5 rings (SSSR count). The minimum atomic E-state index is -1.08. The quantitative estimate of drug-likeness (QED) is 0.0943. The Bertz CT molecular complexity index is 1880. The Labute approximate surface area is 339 Å². The highest BCUT2D eigenvalue weighted by Crippen LogP contribution is 2.44. The van der Waals surface area contributed by atoms with Crippen molar-refractivity contribution in [2.75, 3.05) is 12.4 Å². The number of carbonyl (C=O) groups is 6. The van der Waals surface area contributed by atoms with Gasteiger partial charge in [0.2, 0.25) is 23.6 Å². The highest BCUT2D eigenvalue weighted by Gasteiger charge is 2.40. The van der Waals surface area contributed by atoms with E-state index in [1.165, 1.54) is 13.2 Å². The predicted molar refractivity (Wildman–Crippen MR) is 216 cm³/mol. The number of hydrogen-bond donors (Lipinski definition) is 5. The van der Waals surface area contributed by atoms with Gasteiger partial charge in [-0.25, -0.2) is 14.0 Å². The topological polar surface area (TPSA) is 180 Å². The summed E-state index contributed by atoms with van der Waals surface area (Å²) in [5.74, 6) is -3.68. The van der Waals surface area contributed by atoms with Gasteiger partial charge in [0, 0.05) is 31.4 Å². The van der Waals surface area contributed by atoms with E-state index >= 15 is 0 Å². The number of ether oxygens (including phenoxy) is 1. The fourth-order valence-corrected chi connectivity index (χ4v) is 8.34. The second-order valence-electron chi connectivity index (χ2n) is 15.9. The van der Waals surface area contributed by atoms with Crippen LogP contribution in [-0.4, -0.2) is 65.9 Å². The molecule has 3 atom stereocenters. The molecule has 0 radical (unpaired) electrons. The number of esters is 1. The number of carboxylic acid groups (broad SMARTS) is 1. The number of rotatable bonds is 19. The molecule has 58 heavy (non-hydrogen) atoms. The van der Waals surface area contributed by atoms with Crippen molar-refractivity contribution in [2.24, 2.45) is 11.3 Å². The number of benzene rings is 3. The second-order valence-corrected chi connectivity index (χ2v) is 15.9. The molecule has 0 heterocycles. The molecule has 1 unspecified atom stereocenters. The average molecular weight is 799 g/mol. The molecule has 2 aliphatic rings. The molecule has 0 aliphatic heterocycles. The summed E-state index contributed by atoms with van der Waals surface area (Å²) in [4.78, 5) is 78.2. The molecule has 0 saturated heterocycles. The first kappa shape index (κ1) is 43.5. The standard InChI is InChI=1S/C45H55FN4O8/c1-58-44(57)38(50-41(53)29-45(22-10-11-23-45)28-40(52)49-37(43(55)56)24-30-12-4-2-5-13-30)25-32-18-20-34(21-19-32)47-42(54)36(27-33-16-8-9-17-35(33)46)48-39(51)26-31-14-6-3-7-15-31/h3,6-9,14-21,30,36-38H,2,4-5,10-13,22-29H2,1H3,(H,47,54)(H,48,51)(H,49,52)(H,50,53)(H,55,56)/t36-,37?,38+/m0/s1. The molecule has 3 aromatic rings. The summed E-state index contributed by atoms with van der Waals surface area (Å²) in [6.45, 7) is 0. The molecule has 3 aromatic carbocycles. The van der Waals surface area contributed by atoms with Crippen LogP contribution in [0.5, 0.6) is 0 Å². The van der Waals surface area contributed by atoms with Crippen molar-refractivity contribution in [3.63, 3.8) is 0 Å². The lowest BCUT2D eigenvalue weighted by atomic mass is 9.78. The van der Waals surface area contributed by atoms with Gasteiger partial charge in [0.05, 0.1) is 13.5 Å². The molecule has 0 spiro atoms. The van der Waals surface area contributed by atoms with Gasteiger partial charge >= 0.3 is 11.9 Å². The van der Waals surface area contributed by atoms with Crippen LogP contribution in [0, 0.1) is 17.2 Å². The lowest BCUT2D eigenvalue weighted by molar-refractivity contribution is -0.145. The lowest BCUT2D eigenvalue weighted by Crippen LogP contribution is -2.46. The van der Waals surface area contributed by atoms with Gasteiger partial charge in [0.1, 0.15) is 23.9 Å². The minimum absolute atomic E-state index is 0.00478. The molecular weight excluding hydrogens is 744 g/mol. The first-order chi connectivity index (χ1) is 27.9. The highest BCUT2D eigenvalue weighted by molar-refractivity contribution is 5.97. The third-order valence-corrected chi connectivity index (χ3v) is 11.4. The van der Waals surface area contributed by atoms with E-state index in [0.717, 1.165) is 50.5 Å². The molecule has 2 saturated carbocycles. The number of hydrogen-bond acceptors (Lipinski definition) is 7. The van der Waals surface area contributed by atoms with E-state index in [4.69, 9.17) is 4.74 Å². The fraction of sp³-hybridized carbons (Fsp3) is 0.467. The molecule has 2 fully saturated rings. The Morgan fingerprint density at radius 1 is 0.707 bits per heavy atom. The minimum Gasteiger partial charge on any atom is -0.480 e. The Morgan fingerprint density at radius 3 is 1.93 bits per heavy atom. The first-order valence-electron chi connectivity index (χ1n) is 20.3. The van der Waals surface area contributed by atoms with Crippen LogP contribution < -0.4 is 21.3 Å². The summed E-state index contributed by atoms with van der Waals surface area (Å²) >= 11 is 0. The van der Waals surface area contributed by atoms with Gasteiger partial charge in [0.25, 0.3) is 0 Å². The summed E-state index contributed by atoms with van der Waals surface area (Å²) in [7, 11) is 1.23. The average Bonchev–Trinajstić information content (AvgIpc) is 3.66. The van der Waals surface area contributed by atoms with Gasteiger partial charge in [-0.3, -0.25) is 19.2 Å². The summed E-state index contributed by atoms with van der Waals surface area (Å²) in [5, 5.41) is 20.9. The number of anilines is 1. The molecule has 0 bridgehead atoms. The molecule has 12 nitrogen and oxygen atoms in total. The van der Waals surface area contributed by atoms with Crippen molar-refractivity contribution in [3.8, 4) is 0 Å². The van der Waals surface area contributed by atoms with Crippen LogP contribution >= 0.6 is 0 Å². The van der Waals surface area contributed by atoms with E-state index in [-0.39, 0.29) is 49.5 Å². The number of methoxy groups -OCH3 is 1. The number of halogens is 1. The van der Waals surface area contributed by atoms with E-state index < -0.39 is 59.0 Å². The number of nitrogens with one attached hydrogen (secondary N) is 4. The second kappa shape index (κ2) is 21.2. The summed E-state index contributed by atoms with van der Waals surface area (Å²) < 4.78 is 19.6. The maximum atomic E-state index is 14.6. The monoisotopic (exact) mass is 798 g/mol. The number of amides is 4. The maximum absolute atomic E-state index is 14.6. The summed E-state index contributed by atoms with van der Waals surface area (Å²) in [6.07, 6.45) is 8.57. The Morgan fingerprint density at radius 2 is 1.31 bits per heavy atom. The third-order valence-electron chi connectivity index (χ3n) is 11.4. The van der Waals surface area contributed by atoms with Crippen LogP contribution in [0.4, 0.5) is 10.1 Å². The van der Waals surface area contributed by atoms with Crippen LogP contribution in [0.15, 0.2) is 78.9 Å². The molecule has 310 valence electrons. The van der Waals surface area contributed by atoms with Gasteiger partial charge in [-0.15, -0.1) is 0 Å². The smallest absolute Gasteiger partial charge is 0.328 e. The molecule has 2 aliphatic carbocycles. The lowest BCUT2D eigenvalue weighted by Gasteiger charge is -2.30. The van der Waals surface area contributed by atoms with E-state index in [1.54, 1.807) is 54.6 Å². The number of carboxylic acids is 1. The van der Waals surface area contributed by atoms with Crippen molar-refractivity contribution in [1.29, 1.82) is 0 Å². The highest BCUT2D eigenvalue weighted by atomic mass is 19.1. The van der Waals surface area contributed by atoms with Crippen molar-refractivity contribution >= 4 is 41.3 Å². The maximum Gasteiger partial charge on any atom is 0.328 e. The van der Waals surface area contributed by atoms with E-state index in [2.05, 4.69) is 21.3 Å². The van der Waals surface area contributed by atoms with Gasteiger partial charge in [-0.05, 0) is 65.5 Å². The number of carbonyl (C=O) groups excluding carboxylic acids is 5. The van der Waals surface area contributed by atoms with Crippen LogP contribution in [0.25, 0.3) is 0 Å². The fourth-order valence-electron chi connectivity index (χ4n) is 8.34. The first-order valence-corrected chi connectivity index (χ1v) is 20.3. The van der Waals surface area contributed by atoms with Crippen LogP contribution in [0.1, 0.15) is 93.7 Å². The zero-order valence-corrected chi connectivity index (χ0v) is 33.1. The van der Waals surface area contributed by atoms with Crippen molar-refractivity contribution < 1.29 is 43.0 Å². The molecule has 13 heteroatoms. The number of aliphatic carboxylic acids is 1. The SMILES string of the molecule is COC(=O)[C@@H](Cc1ccc(NC(=O)[C@H](Cc2ccccc2F)NC(=O)Cc2ccccc2)cc1)NC(=O)CC1(CC(=O)NC(CC2CCCCC2)C(=O)O)CCCC1. The van der Waals surface area contributed by atoms with Crippen molar-refractivity contribution in [1.82, 2.24) is 16.0 Å². The largest absolute Gasteiger partial charge is 0.480 e. The van der Waals surface area contributed by atoms with Crippen LogP contribution in [-0.2, 0) is 52.8 Å². The van der Waals surface area contributed by atoms with Gasteiger partial charge in [0.15, 0.2) is 0 Å². The molecular formula is C45H55FN4O8. The van der Waals surface area contributed by atoms with Crippen LogP contribution in [0.2, 0.25) is 0 Å². The normalized spacial score (nSPS) is 16.6. The van der Waals surface area contributed by atoms with Gasteiger partial charge < -0.3 is 31.1 Å². The zero-order chi connectivity index (χ0) is 41.5. The van der Waals surface area contributed by atoms with Crippen molar-refractivity contribution in [3.05, 3.63) is 101 Å². The molecule has 0 aromatic heterocycles. The summed E-state index contributed by atoms with van der Waals surface area (Å²) in [6, 6.07) is 18.6. The van der Waals surface area contributed by atoms with Gasteiger partial charge in [-0.2, -0.15) is 0 Å². The Balaban J connectivity index is 1.19. The van der Waals surface area contributed by atoms with E-state index in [1.807, 2.05) is 18.2 Å². The third kappa shape index (κ3) is 13.2. The Kier molecular flexibility index (Phi) is 15.9. The zero-order valence-electron chi connectivity index (χ0n) is 33.1. The van der Waals surface area contributed by atoms with Crippen LogP contribution in [0.3, 0.4) is 0 Å².